The fourth-order valence-corrected chi connectivity index (χ4v) is 5.02. The van der Waals surface area contributed by atoms with Crippen molar-refractivity contribution in [2.24, 2.45) is 5.41 Å². The van der Waals surface area contributed by atoms with Crippen LogP contribution in [0.1, 0.15) is 19.3 Å². The summed E-state index contributed by atoms with van der Waals surface area (Å²) in [6.07, 6.45) is 7.26. The first-order valence-electron chi connectivity index (χ1n) is 10.5. The molecule has 6 rings (SSSR count). The van der Waals surface area contributed by atoms with Crippen LogP contribution in [0.15, 0.2) is 18.5 Å². The molecule has 0 saturated carbocycles. The Balaban J connectivity index is 1.34. The largest absolute Gasteiger partial charge is 0.374 e. The van der Waals surface area contributed by atoms with E-state index in [2.05, 4.69) is 31.2 Å². The van der Waals surface area contributed by atoms with Gasteiger partial charge in [-0.1, -0.05) is 0 Å². The zero-order chi connectivity index (χ0) is 19.4. The second-order valence-electron chi connectivity index (χ2n) is 8.83. The molecule has 0 aliphatic carbocycles. The van der Waals surface area contributed by atoms with E-state index < -0.39 is 0 Å². The Kier molecular flexibility index (Phi) is 3.89. The molecule has 4 saturated heterocycles. The SMILES string of the molecule is Nc1ncc(-c2cc(N3C[C@@H]4C[C@H]3CO4)nc(N3CCC4(CC3)CNC4)n2)cn1. The predicted molar refractivity (Wildman–Crippen MR) is 110 cm³/mol. The number of morpholine rings is 1. The van der Waals surface area contributed by atoms with Crippen molar-refractivity contribution < 1.29 is 4.74 Å². The molecule has 0 aromatic carbocycles. The van der Waals surface area contributed by atoms with Crippen LogP contribution in [-0.4, -0.2) is 71.4 Å². The predicted octanol–water partition coefficient (Wildman–Crippen LogP) is 0.683. The number of piperidine rings is 1. The summed E-state index contributed by atoms with van der Waals surface area (Å²) in [4.78, 5) is 22.9. The molecule has 9 heteroatoms. The summed E-state index contributed by atoms with van der Waals surface area (Å²) in [7, 11) is 0. The molecule has 0 unspecified atom stereocenters. The van der Waals surface area contributed by atoms with Crippen molar-refractivity contribution in [3.05, 3.63) is 18.5 Å². The van der Waals surface area contributed by atoms with E-state index in [9.17, 15) is 0 Å². The van der Waals surface area contributed by atoms with Crippen LogP contribution < -0.4 is 20.9 Å². The topological polar surface area (TPSA) is 105 Å². The summed E-state index contributed by atoms with van der Waals surface area (Å²) in [5.41, 5.74) is 7.88. The first kappa shape index (κ1) is 17.3. The highest BCUT2D eigenvalue weighted by molar-refractivity contribution is 5.64. The van der Waals surface area contributed by atoms with Gasteiger partial charge in [0.2, 0.25) is 11.9 Å². The van der Waals surface area contributed by atoms with Gasteiger partial charge in [0.15, 0.2) is 0 Å². The van der Waals surface area contributed by atoms with Crippen molar-refractivity contribution in [2.45, 2.75) is 31.4 Å². The van der Waals surface area contributed by atoms with E-state index in [1.165, 1.54) is 12.8 Å². The Morgan fingerprint density at radius 1 is 1.14 bits per heavy atom. The van der Waals surface area contributed by atoms with Crippen LogP contribution in [0, 0.1) is 5.41 Å². The van der Waals surface area contributed by atoms with Crippen LogP contribution in [0.5, 0.6) is 0 Å². The van der Waals surface area contributed by atoms with E-state index in [1.807, 2.05) is 0 Å². The minimum absolute atomic E-state index is 0.271. The molecule has 2 atom stereocenters. The molecule has 2 aromatic rings. The number of hydrogen-bond donors (Lipinski definition) is 2. The average Bonchev–Trinajstić information content (AvgIpc) is 3.37. The summed E-state index contributed by atoms with van der Waals surface area (Å²) in [6.45, 7) is 5.96. The summed E-state index contributed by atoms with van der Waals surface area (Å²) in [6, 6.07) is 2.46. The molecule has 0 amide bonds. The fraction of sp³-hybridized carbons (Fsp3) is 0.600. The number of aromatic nitrogens is 4. The van der Waals surface area contributed by atoms with E-state index >= 15 is 0 Å². The summed E-state index contributed by atoms with van der Waals surface area (Å²) < 4.78 is 5.78. The first-order chi connectivity index (χ1) is 14.2. The van der Waals surface area contributed by atoms with Gasteiger partial charge in [0, 0.05) is 56.7 Å². The van der Waals surface area contributed by atoms with Crippen LogP contribution in [0.2, 0.25) is 0 Å². The number of nitrogens with two attached hydrogens (primary N) is 1. The van der Waals surface area contributed by atoms with E-state index in [4.69, 9.17) is 20.4 Å². The Hall–Kier alpha value is -2.52. The van der Waals surface area contributed by atoms with E-state index in [-0.39, 0.29) is 5.95 Å². The Morgan fingerprint density at radius 2 is 1.93 bits per heavy atom. The fourth-order valence-electron chi connectivity index (χ4n) is 5.02. The minimum Gasteiger partial charge on any atom is -0.374 e. The molecule has 4 aliphatic heterocycles. The number of fused-ring (bicyclic) bond motifs is 2. The maximum atomic E-state index is 5.78. The zero-order valence-corrected chi connectivity index (χ0v) is 16.4. The molecule has 3 N–H and O–H groups in total. The molecule has 4 fully saturated rings. The number of hydrogen-bond acceptors (Lipinski definition) is 9. The van der Waals surface area contributed by atoms with Crippen molar-refractivity contribution in [3.8, 4) is 11.3 Å². The summed E-state index contributed by atoms with van der Waals surface area (Å²) >= 11 is 0. The highest BCUT2D eigenvalue weighted by Gasteiger charge is 2.42. The lowest BCUT2D eigenvalue weighted by Crippen LogP contribution is -2.58. The molecule has 4 aliphatic rings. The van der Waals surface area contributed by atoms with Crippen LogP contribution in [0.3, 0.4) is 0 Å². The van der Waals surface area contributed by atoms with Gasteiger partial charge in [-0.2, -0.15) is 4.98 Å². The number of rotatable bonds is 3. The van der Waals surface area contributed by atoms with Crippen LogP contribution in [0.4, 0.5) is 17.7 Å². The molecule has 2 bridgehead atoms. The minimum atomic E-state index is 0.271. The van der Waals surface area contributed by atoms with Gasteiger partial charge in [0.1, 0.15) is 5.82 Å². The maximum Gasteiger partial charge on any atom is 0.227 e. The van der Waals surface area contributed by atoms with Gasteiger partial charge >= 0.3 is 0 Å². The zero-order valence-electron chi connectivity index (χ0n) is 16.4. The lowest BCUT2D eigenvalue weighted by molar-refractivity contribution is 0.0989. The number of anilines is 3. The molecule has 152 valence electrons. The van der Waals surface area contributed by atoms with E-state index in [0.29, 0.717) is 17.6 Å². The van der Waals surface area contributed by atoms with Gasteiger partial charge in [-0.05, 0) is 24.7 Å². The Bertz CT molecular complexity index is 905. The molecular weight excluding hydrogens is 368 g/mol. The van der Waals surface area contributed by atoms with Gasteiger partial charge in [0.05, 0.1) is 24.4 Å². The Labute approximate surface area is 169 Å². The van der Waals surface area contributed by atoms with Crippen molar-refractivity contribution in [1.82, 2.24) is 25.3 Å². The van der Waals surface area contributed by atoms with Gasteiger partial charge in [0.25, 0.3) is 0 Å². The molecule has 0 radical (unpaired) electrons. The monoisotopic (exact) mass is 394 g/mol. The molecule has 1 spiro atoms. The quantitative estimate of drug-likeness (QED) is 0.777. The molecular formula is C20H26N8O. The number of nitrogens with one attached hydrogen (secondary N) is 1. The second-order valence-corrected chi connectivity index (χ2v) is 8.83. The first-order valence-corrected chi connectivity index (χ1v) is 10.5. The molecule has 6 heterocycles. The summed E-state index contributed by atoms with van der Waals surface area (Å²) in [5, 5.41) is 3.43. The van der Waals surface area contributed by atoms with Crippen LogP contribution in [-0.2, 0) is 4.74 Å². The molecule has 2 aromatic heterocycles. The van der Waals surface area contributed by atoms with Crippen molar-refractivity contribution in [3.63, 3.8) is 0 Å². The van der Waals surface area contributed by atoms with Gasteiger partial charge < -0.3 is 25.6 Å². The van der Waals surface area contributed by atoms with Gasteiger partial charge in [-0.3, -0.25) is 0 Å². The Morgan fingerprint density at radius 3 is 2.55 bits per heavy atom. The van der Waals surface area contributed by atoms with Gasteiger partial charge in [-0.15, -0.1) is 0 Å². The summed E-state index contributed by atoms with van der Waals surface area (Å²) in [5.74, 6) is 2.05. The van der Waals surface area contributed by atoms with Gasteiger partial charge in [-0.25, -0.2) is 15.0 Å². The van der Waals surface area contributed by atoms with Crippen molar-refractivity contribution in [1.29, 1.82) is 0 Å². The highest BCUT2D eigenvalue weighted by Crippen LogP contribution is 2.38. The van der Waals surface area contributed by atoms with E-state index in [0.717, 1.165) is 68.8 Å². The van der Waals surface area contributed by atoms with Crippen LogP contribution in [0.25, 0.3) is 11.3 Å². The van der Waals surface area contributed by atoms with Crippen molar-refractivity contribution in [2.75, 3.05) is 54.9 Å². The molecule has 29 heavy (non-hydrogen) atoms. The third-order valence-electron chi connectivity index (χ3n) is 6.97. The third kappa shape index (κ3) is 3.00. The highest BCUT2D eigenvalue weighted by atomic mass is 16.5. The normalized spacial score (nSPS) is 27.4. The lowest BCUT2D eigenvalue weighted by Gasteiger charge is -2.48. The number of nitrogens with zero attached hydrogens (tertiary/aromatic N) is 6. The average molecular weight is 394 g/mol. The number of nitrogen functional groups attached to an aromatic ring is 1. The van der Waals surface area contributed by atoms with Crippen LogP contribution >= 0.6 is 0 Å². The lowest BCUT2D eigenvalue weighted by atomic mass is 9.73. The third-order valence-corrected chi connectivity index (χ3v) is 6.97. The second kappa shape index (κ2) is 6.50. The molecule has 9 nitrogen and oxygen atoms in total. The van der Waals surface area contributed by atoms with E-state index in [1.54, 1.807) is 12.4 Å². The van der Waals surface area contributed by atoms with Crippen molar-refractivity contribution >= 4 is 17.7 Å². The smallest absolute Gasteiger partial charge is 0.227 e. The number of ether oxygens (including phenoxy) is 1. The standard InChI is InChI=1S/C20H26N8O/c21-18-23-7-13(8-24-18)16-6-17(28-9-15-5-14(28)10-29-15)26-19(25-16)27-3-1-20(2-4-27)11-22-12-20/h6-8,14-15,22H,1-5,9-12H2,(H2,21,23,24)/t14-,15-/m0/s1. The maximum absolute atomic E-state index is 5.78.